The van der Waals surface area contributed by atoms with E-state index in [-0.39, 0.29) is 12.4 Å². The van der Waals surface area contributed by atoms with E-state index >= 15 is 0 Å². The number of hydrogen-bond acceptors (Lipinski definition) is 2. The summed E-state index contributed by atoms with van der Waals surface area (Å²) in [6, 6.07) is 4.14. The molecule has 1 heterocycles. The number of nitrogens with zero attached hydrogens (tertiary/aromatic N) is 1. The standard InChI is InChI=1S/C14H19ClN2.ClH/c1-9(2)13-8-12(15)6-11(10(13)3)7-14-16-4-5-17-14;/h6,8-9H,4-5,7H2,1-3H3,(H,16,17);1H. The molecule has 100 valence electrons. The maximum atomic E-state index is 6.19. The molecule has 0 spiro atoms. The van der Waals surface area contributed by atoms with Crippen molar-refractivity contribution in [3.05, 3.63) is 33.8 Å². The van der Waals surface area contributed by atoms with Gasteiger partial charge in [0.05, 0.1) is 6.54 Å². The lowest BCUT2D eigenvalue weighted by molar-refractivity contribution is 0.852. The van der Waals surface area contributed by atoms with Crippen molar-refractivity contribution in [2.75, 3.05) is 13.1 Å². The summed E-state index contributed by atoms with van der Waals surface area (Å²) >= 11 is 6.19. The zero-order valence-corrected chi connectivity index (χ0v) is 12.7. The summed E-state index contributed by atoms with van der Waals surface area (Å²) in [7, 11) is 0. The summed E-state index contributed by atoms with van der Waals surface area (Å²) < 4.78 is 0. The van der Waals surface area contributed by atoms with Crippen LogP contribution in [0.1, 0.15) is 36.5 Å². The normalized spacial score (nSPS) is 14.2. The fourth-order valence-electron chi connectivity index (χ4n) is 2.29. The van der Waals surface area contributed by atoms with E-state index in [1.165, 1.54) is 16.7 Å². The summed E-state index contributed by atoms with van der Waals surface area (Å²) in [5, 5.41) is 4.13. The van der Waals surface area contributed by atoms with Crippen LogP contribution in [0, 0.1) is 6.92 Å². The van der Waals surface area contributed by atoms with E-state index in [2.05, 4.69) is 43.2 Å². The zero-order chi connectivity index (χ0) is 12.4. The molecule has 0 saturated carbocycles. The van der Waals surface area contributed by atoms with Crippen LogP contribution in [0.4, 0.5) is 0 Å². The number of amidine groups is 1. The van der Waals surface area contributed by atoms with Crippen molar-refractivity contribution in [3.63, 3.8) is 0 Å². The Kier molecular flexibility index (Phi) is 5.48. The minimum Gasteiger partial charge on any atom is -0.372 e. The number of benzene rings is 1. The van der Waals surface area contributed by atoms with Crippen molar-refractivity contribution in [1.29, 1.82) is 0 Å². The SMILES string of the molecule is Cc1c(CC2=NCCN2)cc(Cl)cc1C(C)C.Cl. The van der Waals surface area contributed by atoms with Crippen LogP contribution in [-0.2, 0) is 6.42 Å². The van der Waals surface area contributed by atoms with Crippen molar-refractivity contribution in [2.45, 2.75) is 33.1 Å². The van der Waals surface area contributed by atoms with Crippen LogP contribution in [0.2, 0.25) is 5.02 Å². The average molecular weight is 287 g/mol. The molecule has 1 N–H and O–H groups in total. The molecule has 18 heavy (non-hydrogen) atoms. The molecule has 0 unspecified atom stereocenters. The minimum absolute atomic E-state index is 0. The first-order chi connectivity index (χ1) is 8.08. The van der Waals surface area contributed by atoms with Gasteiger partial charge < -0.3 is 5.32 Å². The van der Waals surface area contributed by atoms with E-state index < -0.39 is 0 Å². The molecule has 1 aliphatic heterocycles. The lowest BCUT2D eigenvalue weighted by atomic mass is 9.93. The van der Waals surface area contributed by atoms with Gasteiger partial charge in [-0.05, 0) is 41.7 Å². The molecule has 0 aliphatic carbocycles. The van der Waals surface area contributed by atoms with Gasteiger partial charge in [0.25, 0.3) is 0 Å². The molecule has 0 saturated heterocycles. The number of rotatable bonds is 3. The summed E-state index contributed by atoms with van der Waals surface area (Å²) in [5.41, 5.74) is 3.97. The van der Waals surface area contributed by atoms with Crippen LogP contribution in [0.3, 0.4) is 0 Å². The van der Waals surface area contributed by atoms with Gasteiger partial charge in [0, 0.05) is 18.0 Å². The van der Waals surface area contributed by atoms with Crippen LogP contribution in [0.5, 0.6) is 0 Å². The quantitative estimate of drug-likeness (QED) is 0.900. The van der Waals surface area contributed by atoms with Crippen LogP contribution in [0.25, 0.3) is 0 Å². The zero-order valence-electron chi connectivity index (χ0n) is 11.1. The van der Waals surface area contributed by atoms with Crippen LogP contribution in [-0.4, -0.2) is 18.9 Å². The number of nitrogens with one attached hydrogen (secondary N) is 1. The van der Waals surface area contributed by atoms with Crippen LogP contribution in [0.15, 0.2) is 17.1 Å². The van der Waals surface area contributed by atoms with Gasteiger partial charge in [0.2, 0.25) is 0 Å². The Labute approximate surface area is 120 Å². The highest BCUT2D eigenvalue weighted by Crippen LogP contribution is 2.27. The molecule has 2 rings (SSSR count). The predicted octanol–water partition coefficient (Wildman–Crippen LogP) is 3.74. The van der Waals surface area contributed by atoms with E-state index in [9.17, 15) is 0 Å². The van der Waals surface area contributed by atoms with Crippen LogP contribution >= 0.6 is 24.0 Å². The first-order valence-corrected chi connectivity index (χ1v) is 6.52. The van der Waals surface area contributed by atoms with Crippen molar-refractivity contribution in [2.24, 2.45) is 4.99 Å². The predicted molar refractivity (Wildman–Crippen MR) is 81.5 cm³/mol. The Morgan fingerprint density at radius 2 is 2.11 bits per heavy atom. The van der Waals surface area contributed by atoms with Crippen molar-refractivity contribution in [3.8, 4) is 0 Å². The van der Waals surface area contributed by atoms with Gasteiger partial charge in [-0.15, -0.1) is 12.4 Å². The van der Waals surface area contributed by atoms with E-state index in [0.29, 0.717) is 5.92 Å². The van der Waals surface area contributed by atoms with E-state index in [1.54, 1.807) is 0 Å². The topological polar surface area (TPSA) is 24.4 Å². The molecule has 1 aromatic rings. The maximum Gasteiger partial charge on any atom is 0.101 e. The minimum atomic E-state index is 0. The van der Waals surface area contributed by atoms with Crippen molar-refractivity contribution in [1.82, 2.24) is 5.32 Å². The highest BCUT2D eigenvalue weighted by atomic mass is 35.5. The Balaban J connectivity index is 0.00000162. The summed E-state index contributed by atoms with van der Waals surface area (Å²) in [4.78, 5) is 4.44. The highest BCUT2D eigenvalue weighted by molar-refractivity contribution is 6.30. The first-order valence-electron chi connectivity index (χ1n) is 6.14. The molecule has 1 aromatic carbocycles. The van der Waals surface area contributed by atoms with Gasteiger partial charge in [0.1, 0.15) is 5.84 Å². The van der Waals surface area contributed by atoms with Crippen molar-refractivity contribution >= 4 is 29.8 Å². The number of halogens is 2. The Morgan fingerprint density at radius 1 is 1.39 bits per heavy atom. The molecule has 0 bridgehead atoms. The number of aliphatic imine (C=N–C) groups is 1. The first kappa shape index (κ1) is 15.3. The van der Waals surface area contributed by atoms with Gasteiger partial charge in [-0.2, -0.15) is 0 Å². The van der Waals surface area contributed by atoms with E-state index in [0.717, 1.165) is 30.4 Å². The van der Waals surface area contributed by atoms with Gasteiger partial charge in [0.15, 0.2) is 0 Å². The molecule has 1 aliphatic rings. The summed E-state index contributed by atoms with van der Waals surface area (Å²) in [6.45, 7) is 8.44. The molecule has 4 heteroatoms. The smallest absolute Gasteiger partial charge is 0.101 e. The second kappa shape index (κ2) is 6.44. The lowest BCUT2D eigenvalue weighted by Crippen LogP contribution is -2.21. The third-order valence-electron chi connectivity index (χ3n) is 3.24. The fourth-order valence-corrected chi connectivity index (χ4v) is 2.54. The fraction of sp³-hybridized carbons (Fsp3) is 0.500. The maximum absolute atomic E-state index is 6.19. The second-order valence-electron chi connectivity index (χ2n) is 4.87. The highest BCUT2D eigenvalue weighted by Gasteiger charge is 2.13. The Morgan fingerprint density at radius 3 is 2.67 bits per heavy atom. The monoisotopic (exact) mass is 286 g/mol. The molecule has 0 fully saturated rings. The average Bonchev–Trinajstić information content (AvgIpc) is 2.75. The van der Waals surface area contributed by atoms with E-state index in [4.69, 9.17) is 11.6 Å². The molecular weight excluding hydrogens is 267 g/mol. The Bertz CT molecular complexity index is 453. The van der Waals surface area contributed by atoms with Gasteiger partial charge >= 0.3 is 0 Å². The van der Waals surface area contributed by atoms with Crippen molar-refractivity contribution < 1.29 is 0 Å². The third kappa shape index (κ3) is 3.39. The summed E-state index contributed by atoms with van der Waals surface area (Å²) in [6.07, 6.45) is 0.867. The molecule has 2 nitrogen and oxygen atoms in total. The van der Waals surface area contributed by atoms with E-state index in [1.807, 2.05) is 0 Å². The van der Waals surface area contributed by atoms with Gasteiger partial charge in [-0.1, -0.05) is 25.4 Å². The largest absolute Gasteiger partial charge is 0.372 e. The lowest BCUT2D eigenvalue weighted by Gasteiger charge is -2.15. The molecule has 0 atom stereocenters. The van der Waals surface area contributed by atoms with Gasteiger partial charge in [-0.3, -0.25) is 4.99 Å². The second-order valence-corrected chi connectivity index (χ2v) is 5.30. The molecule has 0 amide bonds. The molecular formula is C14H20Cl2N2. The van der Waals surface area contributed by atoms with Gasteiger partial charge in [-0.25, -0.2) is 0 Å². The Hall–Kier alpha value is -0.730. The molecule has 0 aromatic heterocycles. The molecule has 0 radical (unpaired) electrons. The third-order valence-corrected chi connectivity index (χ3v) is 3.46. The number of hydrogen-bond donors (Lipinski definition) is 1. The summed E-state index contributed by atoms with van der Waals surface area (Å²) in [5.74, 6) is 1.59. The van der Waals surface area contributed by atoms with Crippen LogP contribution < -0.4 is 5.32 Å².